The molecule has 0 aliphatic heterocycles. The SMILES string of the molecule is CCOc1cccc(CC(O)C(C)(C)C)n1. The first-order chi connectivity index (χ1) is 7.43. The maximum Gasteiger partial charge on any atom is 0.213 e. The van der Waals surface area contributed by atoms with Gasteiger partial charge in [-0.25, -0.2) is 4.98 Å². The first-order valence-corrected chi connectivity index (χ1v) is 5.70. The van der Waals surface area contributed by atoms with Crippen LogP contribution in [0.25, 0.3) is 0 Å². The van der Waals surface area contributed by atoms with Gasteiger partial charge < -0.3 is 9.84 Å². The van der Waals surface area contributed by atoms with E-state index in [9.17, 15) is 5.11 Å². The molecule has 0 fully saturated rings. The summed E-state index contributed by atoms with van der Waals surface area (Å²) < 4.78 is 5.32. The summed E-state index contributed by atoms with van der Waals surface area (Å²) in [5.41, 5.74) is 0.747. The van der Waals surface area contributed by atoms with Crippen LogP contribution in [0, 0.1) is 5.41 Å². The standard InChI is InChI=1S/C13H21NO2/c1-5-16-12-8-6-7-10(14-12)9-11(15)13(2,3)4/h6-8,11,15H,5,9H2,1-4H3. The third-order valence-corrected chi connectivity index (χ3v) is 2.48. The number of ether oxygens (including phenoxy) is 1. The van der Waals surface area contributed by atoms with E-state index in [4.69, 9.17) is 4.74 Å². The van der Waals surface area contributed by atoms with E-state index in [1.807, 2.05) is 45.9 Å². The zero-order valence-corrected chi connectivity index (χ0v) is 10.5. The maximum absolute atomic E-state index is 9.98. The molecule has 0 saturated heterocycles. The van der Waals surface area contributed by atoms with Crippen molar-refractivity contribution in [2.24, 2.45) is 5.41 Å². The van der Waals surface area contributed by atoms with Gasteiger partial charge in [-0.1, -0.05) is 26.8 Å². The van der Waals surface area contributed by atoms with Gasteiger partial charge in [0.2, 0.25) is 5.88 Å². The minimum atomic E-state index is -0.392. The third-order valence-electron chi connectivity index (χ3n) is 2.48. The Balaban J connectivity index is 2.70. The molecule has 0 amide bonds. The van der Waals surface area contributed by atoms with Gasteiger partial charge in [-0.2, -0.15) is 0 Å². The number of aromatic nitrogens is 1. The minimum Gasteiger partial charge on any atom is -0.478 e. The number of aliphatic hydroxyl groups excluding tert-OH is 1. The molecule has 1 atom stereocenters. The van der Waals surface area contributed by atoms with Crippen LogP contribution in [-0.2, 0) is 6.42 Å². The lowest BCUT2D eigenvalue weighted by Gasteiger charge is -2.25. The average Bonchev–Trinajstić information content (AvgIpc) is 2.17. The van der Waals surface area contributed by atoms with Crippen molar-refractivity contribution in [3.63, 3.8) is 0 Å². The zero-order chi connectivity index (χ0) is 12.2. The normalized spacial score (nSPS) is 13.6. The number of nitrogens with zero attached hydrogens (tertiary/aromatic N) is 1. The lowest BCUT2D eigenvalue weighted by molar-refractivity contribution is 0.0626. The van der Waals surface area contributed by atoms with Crippen LogP contribution in [0.2, 0.25) is 0 Å². The summed E-state index contributed by atoms with van der Waals surface area (Å²) in [6, 6.07) is 5.65. The van der Waals surface area contributed by atoms with Gasteiger partial charge in [0.15, 0.2) is 0 Å². The van der Waals surface area contributed by atoms with Crippen molar-refractivity contribution >= 4 is 0 Å². The van der Waals surface area contributed by atoms with Gasteiger partial charge in [0.05, 0.1) is 12.7 Å². The van der Waals surface area contributed by atoms with Gasteiger partial charge in [-0.05, 0) is 18.4 Å². The van der Waals surface area contributed by atoms with Crippen molar-refractivity contribution in [2.75, 3.05) is 6.61 Å². The second kappa shape index (κ2) is 5.30. The van der Waals surface area contributed by atoms with Crippen LogP contribution >= 0.6 is 0 Å². The van der Waals surface area contributed by atoms with E-state index in [0.717, 1.165) is 5.69 Å². The fourth-order valence-electron chi connectivity index (χ4n) is 1.30. The Kier molecular flexibility index (Phi) is 4.30. The molecule has 0 aliphatic carbocycles. The highest BCUT2D eigenvalue weighted by atomic mass is 16.5. The molecule has 90 valence electrons. The number of rotatable bonds is 4. The summed E-state index contributed by atoms with van der Waals surface area (Å²) >= 11 is 0. The first kappa shape index (κ1) is 13.0. The van der Waals surface area contributed by atoms with Gasteiger partial charge >= 0.3 is 0 Å². The average molecular weight is 223 g/mol. The van der Waals surface area contributed by atoms with Gasteiger partial charge in [0.25, 0.3) is 0 Å². The van der Waals surface area contributed by atoms with Crippen molar-refractivity contribution in [1.82, 2.24) is 4.98 Å². The van der Waals surface area contributed by atoms with E-state index in [2.05, 4.69) is 4.98 Å². The second-order valence-corrected chi connectivity index (χ2v) is 4.99. The molecule has 3 heteroatoms. The van der Waals surface area contributed by atoms with E-state index < -0.39 is 6.10 Å². The molecular formula is C13H21NO2. The third kappa shape index (κ3) is 3.81. The number of aliphatic hydroxyl groups is 1. The van der Waals surface area contributed by atoms with E-state index in [0.29, 0.717) is 18.9 Å². The second-order valence-electron chi connectivity index (χ2n) is 4.99. The van der Waals surface area contributed by atoms with Crippen molar-refractivity contribution < 1.29 is 9.84 Å². The molecule has 3 nitrogen and oxygen atoms in total. The van der Waals surface area contributed by atoms with Crippen LogP contribution in [0.5, 0.6) is 5.88 Å². The molecular weight excluding hydrogens is 202 g/mol. The van der Waals surface area contributed by atoms with Gasteiger partial charge in [0, 0.05) is 18.2 Å². The fraction of sp³-hybridized carbons (Fsp3) is 0.615. The summed E-state index contributed by atoms with van der Waals surface area (Å²) in [6.07, 6.45) is 0.168. The summed E-state index contributed by atoms with van der Waals surface area (Å²) in [5, 5.41) is 9.98. The summed E-state index contributed by atoms with van der Waals surface area (Å²) in [4.78, 5) is 4.33. The number of pyridine rings is 1. The van der Waals surface area contributed by atoms with Gasteiger partial charge in [-0.15, -0.1) is 0 Å². The monoisotopic (exact) mass is 223 g/mol. The Labute approximate surface area is 97.5 Å². The van der Waals surface area contributed by atoms with Crippen LogP contribution in [-0.4, -0.2) is 22.8 Å². The topological polar surface area (TPSA) is 42.4 Å². The quantitative estimate of drug-likeness (QED) is 0.852. The first-order valence-electron chi connectivity index (χ1n) is 5.70. The summed E-state index contributed by atoms with van der Waals surface area (Å²) in [5.74, 6) is 0.626. The molecule has 16 heavy (non-hydrogen) atoms. The molecule has 0 spiro atoms. The Morgan fingerprint density at radius 2 is 2.06 bits per heavy atom. The predicted octanol–water partition coefficient (Wildman–Crippen LogP) is 2.43. The van der Waals surface area contributed by atoms with E-state index in [1.165, 1.54) is 0 Å². The van der Waals surface area contributed by atoms with Gasteiger partial charge in [-0.3, -0.25) is 0 Å². The van der Waals surface area contributed by atoms with E-state index >= 15 is 0 Å². The highest BCUT2D eigenvalue weighted by molar-refractivity contribution is 5.16. The molecule has 1 aromatic heterocycles. The lowest BCUT2D eigenvalue weighted by Crippen LogP contribution is -2.28. The highest BCUT2D eigenvalue weighted by Gasteiger charge is 2.22. The van der Waals surface area contributed by atoms with Crippen molar-refractivity contribution in [2.45, 2.75) is 40.2 Å². The van der Waals surface area contributed by atoms with Crippen LogP contribution in [0.1, 0.15) is 33.4 Å². The largest absolute Gasteiger partial charge is 0.478 e. The van der Waals surface area contributed by atoms with Crippen LogP contribution in [0.3, 0.4) is 0 Å². The van der Waals surface area contributed by atoms with Crippen LogP contribution in [0.4, 0.5) is 0 Å². The zero-order valence-electron chi connectivity index (χ0n) is 10.5. The van der Waals surface area contributed by atoms with E-state index in [-0.39, 0.29) is 5.41 Å². The minimum absolute atomic E-state index is 0.122. The summed E-state index contributed by atoms with van der Waals surface area (Å²) in [7, 11) is 0. The predicted molar refractivity (Wildman–Crippen MR) is 64.6 cm³/mol. The highest BCUT2D eigenvalue weighted by Crippen LogP contribution is 2.22. The Bertz CT molecular complexity index is 331. The van der Waals surface area contributed by atoms with Crippen molar-refractivity contribution in [3.05, 3.63) is 23.9 Å². The summed E-state index contributed by atoms with van der Waals surface area (Å²) in [6.45, 7) is 8.59. The number of hydrogen-bond acceptors (Lipinski definition) is 3. The molecule has 0 aromatic carbocycles. The van der Waals surface area contributed by atoms with Gasteiger partial charge in [0.1, 0.15) is 0 Å². The Hall–Kier alpha value is -1.09. The smallest absolute Gasteiger partial charge is 0.213 e. The number of hydrogen-bond donors (Lipinski definition) is 1. The molecule has 0 saturated carbocycles. The fourth-order valence-corrected chi connectivity index (χ4v) is 1.30. The molecule has 1 unspecified atom stereocenters. The van der Waals surface area contributed by atoms with Crippen molar-refractivity contribution in [3.8, 4) is 5.88 Å². The van der Waals surface area contributed by atoms with Crippen LogP contribution in [0.15, 0.2) is 18.2 Å². The van der Waals surface area contributed by atoms with Crippen LogP contribution < -0.4 is 4.74 Å². The molecule has 0 radical (unpaired) electrons. The molecule has 1 N–H and O–H groups in total. The molecule has 1 rings (SSSR count). The molecule has 1 heterocycles. The van der Waals surface area contributed by atoms with Crippen molar-refractivity contribution in [1.29, 1.82) is 0 Å². The molecule has 0 bridgehead atoms. The molecule has 0 aliphatic rings. The van der Waals surface area contributed by atoms with E-state index in [1.54, 1.807) is 0 Å². The Morgan fingerprint density at radius 1 is 1.38 bits per heavy atom. The molecule has 1 aromatic rings. The lowest BCUT2D eigenvalue weighted by atomic mass is 9.86. The maximum atomic E-state index is 9.98. The Morgan fingerprint density at radius 3 is 2.62 bits per heavy atom.